The van der Waals surface area contributed by atoms with Crippen LogP contribution in [0.1, 0.15) is 25.0 Å². The molecule has 1 atom stereocenters. The Morgan fingerprint density at radius 2 is 2.04 bits per heavy atom. The van der Waals surface area contributed by atoms with Crippen molar-refractivity contribution in [2.24, 2.45) is 5.92 Å². The second-order valence-electron chi connectivity index (χ2n) is 6.75. The Kier molecular flexibility index (Phi) is 6.42. The van der Waals surface area contributed by atoms with Crippen LogP contribution in [0.5, 0.6) is 0 Å². The number of carbonyl (C=O) groups excluding carboxylic acids is 1. The third-order valence-corrected chi connectivity index (χ3v) is 4.06. The van der Waals surface area contributed by atoms with E-state index in [1.165, 1.54) is 0 Å². The minimum atomic E-state index is -0.174. The molecule has 1 unspecified atom stereocenters. The van der Waals surface area contributed by atoms with Gasteiger partial charge in [-0.15, -0.1) is 0 Å². The molecule has 2 rings (SSSR count). The second kappa shape index (κ2) is 8.31. The van der Waals surface area contributed by atoms with E-state index in [9.17, 15) is 4.79 Å². The van der Waals surface area contributed by atoms with Gasteiger partial charge in [-0.05, 0) is 30.9 Å². The Hall–Kier alpha value is -1.59. The van der Waals surface area contributed by atoms with Gasteiger partial charge in [0.2, 0.25) is 0 Å². The molecule has 0 aromatic heterocycles. The van der Waals surface area contributed by atoms with Crippen LogP contribution >= 0.6 is 0 Å². The van der Waals surface area contributed by atoms with Crippen LogP contribution < -0.4 is 10.6 Å². The molecule has 0 saturated carbocycles. The molecule has 1 fully saturated rings. The quantitative estimate of drug-likeness (QED) is 0.877. The number of benzene rings is 1. The van der Waals surface area contributed by atoms with Crippen molar-refractivity contribution in [3.8, 4) is 0 Å². The first-order valence-electron chi connectivity index (χ1n) is 8.40. The normalized spacial score (nSPS) is 18.9. The maximum absolute atomic E-state index is 12.1. The van der Waals surface area contributed by atoms with E-state index < -0.39 is 0 Å². The van der Waals surface area contributed by atoms with Crippen molar-refractivity contribution >= 4 is 11.7 Å². The van der Waals surface area contributed by atoms with Crippen molar-refractivity contribution in [1.29, 1.82) is 0 Å². The van der Waals surface area contributed by atoms with Gasteiger partial charge in [0.1, 0.15) is 0 Å². The lowest BCUT2D eigenvalue weighted by Gasteiger charge is -2.33. The highest BCUT2D eigenvalue weighted by molar-refractivity contribution is 5.90. The molecule has 23 heavy (non-hydrogen) atoms. The SMILES string of the molecule is Cc1cccc(C)c1NC(=O)NCC1CN(CC(C)C)CCO1. The number of morpholine rings is 1. The molecule has 128 valence electrons. The third-order valence-electron chi connectivity index (χ3n) is 4.06. The van der Waals surface area contributed by atoms with E-state index in [0.29, 0.717) is 12.5 Å². The number of hydrogen-bond acceptors (Lipinski definition) is 3. The van der Waals surface area contributed by atoms with Crippen molar-refractivity contribution in [1.82, 2.24) is 10.2 Å². The lowest BCUT2D eigenvalue weighted by atomic mass is 10.1. The van der Waals surface area contributed by atoms with E-state index in [2.05, 4.69) is 29.4 Å². The van der Waals surface area contributed by atoms with Crippen LogP contribution in [0.2, 0.25) is 0 Å². The Morgan fingerprint density at radius 3 is 2.70 bits per heavy atom. The molecule has 2 amide bonds. The molecular weight excluding hydrogens is 290 g/mol. The summed E-state index contributed by atoms with van der Waals surface area (Å²) in [5.74, 6) is 0.647. The minimum Gasteiger partial charge on any atom is -0.374 e. The molecule has 5 nitrogen and oxygen atoms in total. The number of nitrogens with one attached hydrogen (secondary N) is 2. The molecule has 1 aliphatic rings. The number of aryl methyl sites for hydroxylation is 2. The summed E-state index contributed by atoms with van der Waals surface area (Å²) in [4.78, 5) is 14.5. The van der Waals surface area contributed by atoms with Crippen LogP contribution in [0.3, 0.4) is 0 Å². The van der Waals surface area contributed by atoms with Gasteiger partial charge >= 0.3 is 6.03 Å². The maximum atomic E-state index is 12.1. The average molecular weight is 319 g/mol. The fourth-order valence-electron chi connectivity index (χ4n) is 2.96. The van der Waals surface area contributed by atoms with Crippen LogP contribution in [-0.4, -0.2) is 49.8 Å². The molecule has 1 heterocycles. The van der Waals surface area contributed by atoms with Gasteiger partial charge in [-0.1, -0.05) is 32.0 Å². The number of rotatable bonds is 5. The number of nitrogens with zero attached hydrogens (tertiary/aromatic N) is 1. The first-order chi connectivity index (χ1) is 11.0. The zero-order valence-corrected chi connectivity index (χ0v) is 14.7. The van der Waals surface area contributed by atoms with Crippen LogP contribution in [0.4, 0.5) is 10.5 Å². The van der Waals surface area contributed by atoms with E-state index >= 15 is 0 Å². The largest absolute Gasteiger partial charge is 0.374 e. The number of urea groups is 1. The Labute approximate surface area is 139 Å². The minimum absolute atomic E-state index is 0.0613. The summed E-state index contributed by atoms with van der Waals surface area (Å²) in [5.41, 5.74) is 3.02. The molecule has 0 radical (unpaired) electrons. The van der Waals surface area contributed by atoms with Crippen LogP contribution in [0.15, 0.2) is 18.2 Å². The van der Waals surface area contributed by atoms with Crippen LogP contribution in [0.25, 0.3) is 0 Å². The van der Waals surface area contributed by atoms with Crippen molar-refractivity contribution < 1.29 is 9.53 Å². The van der Waals surface area contributed by atoms with Gasteiger partial charge in [0.05, 0.1) is 12.7 Å². The molecule has 0 spiro atoms. The van der Waals surface area contributed by atoms with Gasteiger partial charge in [-0.2, -0.15) is 0 Å². The average Bonchev–Trinajstić information content (AvgIpc) is 2.49. The zero-order chi connectivity index (χ0) is 16.8. The lowest BCUT2D eigenvalue weighted by Crippen LogP contribution is -2.48. The summed E-state index contributed by atoms with van der Waals surface area (Å²) in [7, 11) is 0. The maximum Gasteiger partial charge on any atom is 0.319 e. The summed E-state index contributed by atoms with van der Waals surface area (Å²) in [6.07, 6.45) is 0.0613. The molecule has 1 aromatic carbocycles. The van der Waals surface area contributed by atoms with Gasteiger partial charge in [0.15, 0.2) is 0 Å². The Morgan fingerprint density at radius 1 is 1.35 bits per heavy atom. The molecule has 0 aliphatic carbocycles. The van der Waals surface area contributed by atoms with Crippen molar-refractivity contribution in [2.75, 3.05) is 38.1 Å². The van der Waals surface area contributed by atoms with E-state index in [-0.39, 0.29) is 12.1 Å². The highest BCUT2D eigenvalue weighted by Crippen LogP contribution is 2.19. The van der Waals surface area contributed by atoms with Gasteiger partial charge < -0.3 is 15.4 Å². The summed E-state index contributed by atoms with van der Waals surface area (Å²) < 4.78 is 5.75. The van der Waals surface area contributed by atoms with Gasteiger partial charge in [-0.3, -0.25) is 4.90 Å². The second-order valence-corrected chi connectivity index (χ2v) is 6.75. The highest BCUT2D eigenvalue weighted by atomic mass is 16.5. The molecule has 1 aliphatic heterocycles. The van der Waals surface area contributed by atoms with E-state index in [0.717, 1.165) is 43.1 Å². The van der Waals surface area contributed by atoms with Crippen molar-refractivity contribution in [3.05, 3.63) is 29.3 Å². The van der Waals surface area contributed by atoms with E-state index in [4.69, 9.17) is 4.74 Å². The number of para-hydroxylation sites is 1. The molecule has 0 bridgehead atoms. The van der Waals surface area contributed by atoms with Gasteiger partial charge in [-0.25, -0.2) is 4.79 Å². The van der Waals surface area contributed by atoms with E-state index in [1.54, 1.807) is 0 Å². The molecule has 1 saturated heterocycles. The van der Waals surface area contributed by atoms with Crippen molar-refractivity contribution in [3.63, 3.8) is 0 Å². The Balaban J connectivity index is 1.80. The predicted molar refractivity (Wildman–Crippen MR) is 94.0 cm³/mol. The molecular formula is C18H29N3O2. The summed E-state index contributed by atoms with van der Waals surface area (Å²) in [6, 6.07) is 5.81. The molecule has 2 N–H and O–H groups in total. The number of anilines is 1. The monoisotopic (exact) mass is 319 g/mol. The fourth-order valence-corrected chi connectivity index (χ4v) is 2.96. The zero-order valence-electron chi connectivity index (χ0n) is 14.7. The lowest BCUT2D eigenvalue weighted by molar-refractivity contribution is -0.0288. The van der Waals surface area contributed by atoms with Gasteiger partial charge in [0, 0.05) is 31.9 Å². The van der Waals surface area contributed by atoms with E-state index in [1.807, 2.05) is 32.0 Å². The van der Waals surface area contributed by atoms with Gasteiger partial charge in [0.25, 0.3) is 0 Å². The number of ether oxygens (including phenoxy) is 1. The van der Waals surface area contributed by atoms with Crippen LogP contribution in [0, 0.1) is 19.8 Å². The van der Waals surface area contributed by atoms with Crippen LogP contribution in [-0.2, 0) is 4.74 Å². The number of hydrogen-bond donors (Lipinski definition) is 2. The summed E-state index contributed by atoms with van der Waals surface area (Å²) in [5, 5.41) is 5.87. The first kappa shape index (κ1) is 17.8. The predicted octanol–water partition coefficient (Wildman–Crippen LogP) is 2.78. The fraction of sp³-hybridized carbons (Fsp3) is 0.611. The third kappa shape index (κ3) is 5.52. The smallest absolute Gasteiger partial charge is 0.319 e. The standard InChI is InChI=1S/C18H29N3O2/c1-13(2)11-21-8-9-23-16(12-21)10-19-18(22)20-17-14(3)6-5-7-15(17)4/h5-7,13,16H,8-12H2,1-4H3,(H2,19,20,22). The van der Waals surface area contributed by atoms with Crippen molar-refractivity contribution in [2.45, 2.75) is 33.8 Å². The Bertz CT molecular complexity index is 511. The molecule has 5 heteroatoms. The first-order valence-corrected chi connectivity index (χ1v) is 8.40. The summed E-state index contributed by atoms with van der Waals surface area (Å²) >= 11 is 0. The summed E-state index contributed by atoms with van der Waals surface area (Å²) in [6.45, 7) is 12.6. The number of carbonyl (C=O) groups is 1. The molecule has 1 aromatic rings. The topological polar surface area (TPSA) is 53.6 Å². The highest BCUT2D eigenvalue weighted by Gasteiger charge is 2.21. The number of amides is 2.